The van der Waals surface area contributed by atoms with Crippen molar-refractivity contribution in [2.75, 3.05) is 55.0 Å². The van der Waals surface area contributed by atoms with Crippen LogP contribution >= 0.6 is 0 Å². The molecule has 0 radical (unpaired) electrons. The third-order valence-electron chi connectivity index (χ3n) is 6.12. The van der Waals surface area contributed by atoms with Gasteiger partial charge < -0.3 is 36.5 Å². The van der Waals surface area contributed by atoms with Crippen LogP contribution in [-0.4, -0.2) is 67.2 Å². The summed E-state index contributed by atoms with van der Waals surface area (Å²) in [7, 11) is 1.97. The van der Waals surface area contributed by atoms with Crippen molar-refractivity contribution in [3.8, 4) is 0 Å². The molecule has 1 aromatic heterocycles. The zero-order chi connectivity index (χ0) is 26.9. The highest BCUT2D eigenvalue weighted by Crippen LogP contribution is 2.36. The summed E-state index contributed by atoms with van der Waals surface area (Å²) in [5.41, 5.74) is 14.0. The van der Waals surface area contributed by atoms with Gasteiger partial charge in [0.2, 0.25) is 5.95 Å². The minimum Gasteiger partial charge on any atom is -0.466 e. The van der Waals surface area contributed by atoms with E-state index < -0.39 is 23.9 Å². The third-order valence-corrected chi connectivity index (χ3v) is 6.12. The number of nitrogens with two attached hydrogens (primary N) is 2. The average molecular weight is 514 g/mol. The fraction of sp³-hybridized carbons (Fsp3) is 0.480. The number of hydrogen-bond donors (Lipinski definition) is 4. The summed E-state index contributed by atoms with van der Waals surface area (Å²) < 4.78 is 9.96. The van der Waals surface area contributed by atoms with E-state index in [1.165, 1.54) is 0 Å². The number of amides is 1. The number of aromatic nitrogens is 2. The Morgan fingerprint density at radius 3 is 2.51 bits per heavy atom. The van der Waals surface area contributed by atoms with Gasteiger partial charge in [-0.25, -0.2) is 4.79 Å². The van der Waals surface area contributed by atoms with Gasteiger partial charge in [-0.3, -0.25) is 9.59 Å². The van der Waals surface area contributed by atoms with Gasteiger partial charge in [-0.05, 0) is 51.0 Å². The summed E-state index contributed by atoms with van der Waals surface area (Å²) in [6.45, 7) is 5.25. The van der Waals surface area contributed by atoms with Crippen molar-refractivity contribution in [1.82, 2.24) is 15.3 Å². The van der Waals surface area contributed by atoms with Gasteiger partial charge in [0.15, 0.2) is 0 Å². The Labute approximate surface area is 216 Å². The molecule has 3 rings (SSSR count). The summed E-state index contributed by atoms with van der Waals surface area (Å²) in [5, 5.41) is 5.91. The Bertz CT molecular complexity index is 1110. The van der Waals surface area contributed by atoms with Crippen LogP contribution in [0.3, 0.4) is 0 Å². The SMILES string of the molecule is CCOC(=O)CC[C@@H](NC(=O)c1ccc(N(C)CCC2CNc3nc(N)nc(N)c32)cc1)C(=O)OCC. The van der Waals surface area contributed by atoms with Gasteiger partial charge in [0.25, 0.3) is 5.91 Å². The highest BCUT2D eigenvalue weighted by atomic mass is 16.5. The van der Waals surface area contributed by atoms with Gasteiger partial charge in [0.1, 0.15) is 17.7 Å². The van der Waals surface area contributed by atoms with Crippen LogP contribution in [0.5, 0.6) is 0 Å². The van der Waals surface area contributed by atoms with Gasteiger partial charge >= 0.3 is 11.9 Å². The molecule has 0 aliphatic carbocycles. The maximum atomic E-state index is 12.8. The molecule has 1 unspecified atom stereocenters. The lowest BCUT2D eigenvalue weighted by Crippen LogP contribution is -2.42. The highest BCUT2D eigenvalue weighted by Gasteiger charge is 2.28. The van der Waals surface area contributed by atoms with E-state index in [2.05, 4.69) is 25.5 Å². The predicted octanol–water partition coefficient (Wildman–Crippen LogP) is 1.68. The molecule has 37 heavy (non-hydrogen) atoms. The molecule has 200 valence electrons. The quantitative estimate of drug-likeness (QED) is 0.304. The number of esters is 2. The first-order valence-corrected chi connectivity index (χ1v) is 12.3. The first-order chi connectivity index (χ1) is 17.7. The second-order valence-electron chi connectivity index (χ2n) is 8.69. The van der Waals surface area contributed by atoms with E-state index in [1.807, 2.05) is 19.2 Å². The van der Waals surface area contributed by atoms with Crippen LogP contribution in [0, 0.1) is 0 Å². The molecule has 1 aromatic carbocycles. The lowest BCUT2D eigenvalue weighted by molar-refractivity contribution is -0.146. The van der Waals surface area contributed by atoms with E-state index >= 15 is 0 Å². The molecule has 1 amide bonds. The minimum atomic E-state index is -0.950. The molecular weight excluding hydrogens is 478 g/mol. The predicted molar refractivity (Wildman–Crippen MR) is 140 cm³/mol. The molecule has 2 heterocycles. The Balaban J connectivity index is 1.57. The van der Waals surface area contributed by atoms with Crippen LogP contribution in [0.4, 0.5) is 23.3 Å². The average Bonchev–Trinajstić information content (AvgIpc) is 3.28. The zero-order valence-electron chi connectivity index (χ0n) is 21.5. The van der Waals surface area contributed by atoms with Gasteiger partial charge in [-0.15, -0.1) is 0 Å². The van der Waals surface area contributed by atoms with E-state index in [9.17, 15) is 14.4 Å². The number of anilines is 4. The number of hydrogen-bond acceptors (Lipinski definition) is 11. The van der Waals surface area contributed by atoms with E-state index in [1.54, 1.807) is 26.0 Å². The largest absolute Gasteiger partial charge is 0.466 e. The number of nitrogens with zero attached hydrogens (tertiary/aromatic N) is 3. The van der Waals surface area contributed by atoms with Crippen LogP contribution in [0.25, 0.3) is 0 Å². The maximum Gasteiger partial charge on any atom is 0.328 e. The van der Waals surface area contributed by atoms with Crippen molar-refractivity contribution >= 4 is 41.1 Å². The number of carbonyl (C=O) groups excluding carboxylic acids is 3. The maximum absolute atomic E-state index is 12.8. The monoisotopic (exact) mass is 513 g/mol. The van der Waals surface area contributed by atoms with Crippen molar-refractivity contribution in [2.45, 2.75) is 45.1 Å². The first kappa shape index (κ1) is 27.5. The van der Waals surface area contributed by atoms with Crippen molar-refractivity contribution in [2.24, 2.45) is 0 Å². The van der Waals surface area contributed by atoms with Gasteiger partial charge in [-0.2, -0.15) is 9.97 Å². The topological polar surface area (TPSA) is 175 Å². The second kappa shape index (κ2) is 12.7. The molecule has 0 fully saturated rings. The molecule has 1 aliphatic heterocycles. The fourth-order valence-electron chi connectivity index (χ4n) is 4.18. The summed E-state index contributed by atoms with van der Waals surface area (Å²) in [5.74, 6) is -0.0478. The van der Waals surface area contributed by atoms with Crippen LogP contribution in [-0.2, 0) is 19.1 Å². The third kappa shape index (κ3) is 7.21. The molecule has 12 nitrogen and oxygen atoms in total. The fourth-order valence-corrected chi connectivity index (χ4v) is 4.18. The van der Waals surface area contributed by atoms with Crippen molar-refractivity contribution in [3.05, 3.63) is 35.4 Å². The second-order valence-corrected chi connectivity index (χ2v) is 8.69. The number of rotatable bonds is 12. The summed E-state index contributed by atoms with van der Waals surface area (Å²) in [6.07, 6.45) is 0.900. The number of carbonyl (C=O) groups is 3. The number of ether oxygens (including phenoxy) is 2. The van der Waals surface area contributed by atoms with Crippen molar-refractivity contribution in [3.63, 3.8) is 0 Å². The number of nitrogen functional groups attached to an aromatic ring is 2. The Morgan fingerprint density at radius 2 is 1.84 bits per heavy atom. The molecule has 0 bridgehead atoms. The molecule has 12 heteroatoms. The molecule has 1 aliphatic rings. The lowest BCUT2D eigenvalue weighted by Gasteiger charge is -2.22. The molecule has 0 saturated carbocycles. The minimum absolute atomic E-state index is 0.00647. The first-order valence-electron chi connectivity index (χ1n) is 12.3. The van der Waals surface area contributed by atoms with Crippen LogP contribution in [0.2, 0.25) is 0 Å². The summed E-state index contributed by atoms with van der Waals surface area (Å²) in [4.78, 5) is 47.2. The molecule has 0 spiro atoms. The van der Waals surface area contributed by atoms with Crippen LogP contribution in [0.15, 0.2) is 24.3 Å². The van der Waals surface area contributed by atoms with E-state index in [0.717, 1.165) is 24.2 Å². The summed E-state index contributed by atoms with van der Waals surface area (Å²) >= 11 is 0. The van der Waals surface area contributed by atoms with Crippen LogP contribution in [0.1, 0.15) is 54.9 Å². The van der Waals surface area contributed by atoms with Gasteiger partial charge in [0, 0.05) is 49.3 Å². The van der Waals surface area contributed by atoms with Gasteiger partial charge in [-0.1, -0.05) is 0 Å². The molecule has 6 N–H and O–H groups in total. The van der Waals surface area contributed by atoms with E-state index in [4.69, 9.17) is 20.9 Å². The van der Waals surface area contributed by atoms with Crippen LogP contribution < -0.4 is 27.0 Å². The Morgan fingerprint density at radius 1 is 1.14 bits per heavy atom. The van der Waals surface area contributed by atoms with Crippen molar-refractivity contribution < 1.29 is 23.9 Å². The molecule has 2 atom stereocenters. The number of nitrogens with one attached hydrogen (secondary N) is 2. The van der Waals surface area contributed by atoms with Crippen molar-refractivity contribution in [1.29, 1.82) is 0 Å². The molecule has 0 saturated heterocycles. The smallest absolute Gasteiger partial charge is 0.328 e. The Kier molecular flexibility index (Phi) is 9.47. The summed E-state index contributed by atoms with van der Waals surface area (Å²) in [6, 6.07) is 6.11. The molecule has 2 aromatic rings. The van der Waals surface area contributed by atoms with Gasteiger partial charge in [0.05, 0.1) is 13.2 Å². The number of fused-ring (bicyclic) bond motifs is 1. The highest BCUT2D eigenvalue weighted by molar-refractivity contribution is 5.97. The normalized spacial score (nSPS) is 14.7. The van der Waals surface area contributed by atoms with E-state index in [0.29, 0.717) is 23.7 Å². The molecular formula is C25H35N7O5. The number of benzene rings is 1. The standard InChI is InChI=1S/C25H35N7O5/c1-4-36-19(33)11-10-18(24(35)37-5-2)29-23(34)15-6-8-17(9-7-15)32(3)13-12-16-14-28-22-20(16)21(26)30-25(27)31-22/h6-9,16,18H,4-5,10-14H2,1-3H3,(H,29,34)(H5,26,27,28,30,31)/t16?,18-/m1/s1. The zero-order valence-corrected chi connectivity index (χ0v) is 21.5. The van der Waals surface area contributed by atoms with E-state index in [-0.39, 0.29) is 37.9 Å². The lowest BCUT2D eigenvalue weighted by atomic mass is 9.99. The Hall–Kier alpha value is -4.09.